The number of piperidine rings is 1. The van der Waals surface area contributed by atoms with Crippen molar-refractivity contribution >= 4 is 0 Å². The van der Waals surface area contributed by atoms with E-state index in [1.165, 1.54) is 4.90 Å². The summed E-state index contributed by atoms with van der Waals surface area (Å²) in [6.07, 6.45) is 2.36. The second kappa shape index (κ2) is 4.97. The summed E-state index contributed by atoms with van der Waals surface area (Å²) in [4.78, 5) is 1.26. The molecule has 0 aromatic heterocycles. The summed E-state index contributed by atoms with van der Waals surface area (Å²) in [5.74, 6) is 0. The van der Waals surface area contributed by atoms with Crippen molar-refractivity contribution in [3.63, 3.8) is 0 Å². The Balaban J connectivity index is 0.00000121. The quantitative estimate of drug-likeness (QED) is 0.510. The minimum absolute atomic E-state index is 0. The zero-order valence-electron chi connectivity index (χ0n) is 7.56. The van der Waals surface area contributed by atoms with Crippen LogP contribution >= 0.6 is 0 Å². The van der Waals surface area contributed by atoms with Crippen LogP contribution in [0.1, 0.15) is 26.7 Å². The Morgan fingerprint density at radius 1 is 1.42 bits per heavy atom. The molecule has 0 saturated carbocycles. The van der Waals surface area contributed by atoms with Gasteiger partial charge in [0.1, 0.15) is 0 Å². The molecule has 1 aliphatic heterocycles. The van der Waals surface area contributed by atoms with Crippen LogP contribution in [0.4, 0.5) is 8.78 Å². The molecule has 0 N–H and O–H groups in total. The van der Waals surface area contributed by atoms with Gasteiger partial charge in [0.15, 0.2) is 0 Å². The molecule has 1 saturated heterocycles. The molecule has 1 radical (unpaired) electrons. The minimum atomic E-state index is -2.60. The number of alkyl halides is 2. The van der Waals surface area contributed by atoms with E-state index < -0.39 is 6.05 Å². The van der Waals surface area contributed by atoms with Crippen molar-refractivity contribution in [1.29, 1.82) is 0 Å². The Morgan fingerprint density at radius 2 is 2.00 bits per heavy atom. The summed E-state index contributed by atoms with van der Waals surface area (Å²) in [6.45, 7) is 4.10. The van der Waals surface area contributed by atoms with E-state index in [-0.39, 0.29) is 45.2 Å². The first-order chi connectivity index (χ1) is 5.04. The molecular formula is C8H14F2NY-. The van der Waals surface area contributed by atoms with E-state index >= 15 is 0 Å². The molecule has 0 unspecified atom stereocenters. The zero-order valence-corrected chi connectivity index (χ0v) is 10.4. The number of nitrogens with zero attached hydrogens (tertiary/aromatic N) is 1. The summed E-state index contributed by atoms with van der Waals surface area (Å²) in [5.41, 5.74) is 0. The van der Waals surface area contributed by atoms with Crippen molar-refractivity contribution in [2.24, 2.45) is 0 Å². The Kier molecular flexibility index (Phi) is 5.35. The number of likely N-dealkylation sites (tertiary alicyclic amines) is 1. The Morgan fingerprint density at radius 3 is 2.33 bits per heavy atom. The molecular weight excluding hydrogens is 237 g/mol. The standard InChI is InChI=1S/C8H14F2N.Y/c1-7(2)11-6-4-3-5-8(11,9)10;/h3,7H,4-6H2,1-2H3;/q-1;. The Hall–Kier alpha value is 0.924. The third kappa shape index (κ3) is 3.00. The van der Waals surface area contributed by atoms with E-state index in [9.17, 15) is 8.78 Å². The van der Waals surface area contributed by atoms with E-state index in [1.807, 2.05) is 0 Å². The second-order valence-electron chi connectivity index (χ2n) is 3.23. The molecule has 1 nitrogen and oxygen atoms in total. The molecule has 69 valence electrons. The largest absolute Gasteiger partial charge is 0.320 e. The topological polar surface area (TPSA) is 3.24 Å². The van der Waals surface area contributed by atoms with E-state index in [0.717, 1.165) is 6.42 Å². The molecule has 1 fully saturated rings. The minimum Gasteiger partial charge on any atom is -0.320 e. The normalized spacial score (nSPS) is 23.8. The number of hydrogen-bond donors (Lipinski definition) is 0. The monoisotopic (exact) mass is 251 g/mol. The van der Waals surface area contributed by atoms with Gasteiger partial charge in [-0.2, -0.15) is 15.2 Å². The smallest absolute Gasteiger partial charge is 0.278 e. The summed E-state index contributed by atoms with van der Waals surface area (Å²) in [5, 5.41) is 0. The number of rotatable bonds is 1. The van der Waals surface area contributed by atoms with Crippen molar-refractivity contribution in [2.75, 3.05) is 6.54 Å². The van der Waals surface area contributed by atoms with E-state index in [2.05, 4.69) is 0 Å². The van der Waals surface area contributed by atoms with Gasteiger partial charge in [0.25, 0.3) is 6.05 Å². The summed E-state index contributed by atoms with van der Waals surface area (Å²) >= 11 is 0. The molecule has 12 heavy (non-hydrogen) atoms. The third-order valence-electron chi connectivity index (χ3n) is 2.01. The number of hydrogen-bond acceptors (Lipinski definition) is 1. The predicted octanol–water partition coefficient (Wildman–Crippen LogP) is 2.29. The van der Waals surface area contributed by atoms with Crippen molar-refractivity contribution < 1.29 is 41.5 Å². The van der Waals surface area contributed by atoms with Gasteiger partial charge in [-0.15, -0.1) is 0 Å². The molecule has 0 aromatic carbocycles. The molecule has 0 spiro atoms. The molecule has 0 aliphatic carbocycles. The molecule has 0 amide bonds. The first-order valence-electron chi connectivity index (χ1n) is 4.00. The van der Waals surface area contributed by atoms with Gasteiger partial charge in [0.05, 0.1) is 0 Å². The van der Waals surface area contributed by atoms with Crippen LogP contribution in [0.2, 0.25) is 0 Å². The van der Waals surface area contributed by atoms with Crippen LogP contribution in [0.5, 0.6) is 0 Å². The second-order valence-corrected chi connectivity index (χ2v) is 3.23. The molecule has 1 rings (SSSR count). The maximum atomic E-state index is 13.0. The van der Waals surface area contributed by atoms with Crippen molar-refractivity contribution in [3.05, 3.63) is 6.42 Å². The van der Waals surface area contributed by atoms with Crippen LogP contribution in [-0.2, 0) is 32.7 Å². The van der Waals surface area contributed by atoms with Crippen molar-refractivity contribution in [2.45, 2.75) is 38.8 Å². The zero-order chi connectivity index (χ0) is 8.48. The maximum absolute atomic E-state index is 13.0. The first kappa shape index (κ1) is 12.9. The van der Waals surface area contributed by atoms with Gasteiger partial charge >= 0.3 is 0 Å². The molecule has 0 aromatic rings. The van der Waals surface area contributed by atoms with Crippen LogP contribution in [0.3, 0.4) is 0 Å². The molecule has 0 bridgehead atoms. The summed E-state index contributed by atoms with van der Waals surface area (Å²) < 4.78 is 26.0. The fourth-order valence-corrected chi connectivity index (χ4v) is 1.42. The molecule has 1 aliphatic rings. The van der Waals surface area contributed by atoms with Gasteiger partial charge in [0.2, 0.25) is 0 Å². The number of halogens is 2. The molecule has 1 heterocycles. The third-order valence-corrected chi connectivity index (χ3v) is 2.01. The van der Waals surface area contributed by atoms with E-state index in [0.29, 0.717) is 6.54 Å². The van der Waals surface area contributed by atoms with Gasteiger partial charge in [0, 0.05) is 38.8 Å². The van der Waals surface area contributed by atoms with Gasteiger partial charge in [-0.1, -0.05) is 6.42 Å². The Bertz CT molecular complexity index is 139. The van der Waals surface area contributed by atoms with Crippen LogP contribution in [0.15, 0.2) is 0 Å². The van der Waals surface area contributed by atoms with Gasteiger partial charge in [-0.25, -0.2) is 4.90 Å². The van der Waals surface area contributed by atoms with E-state index in [1.54, 1.807) is 20.3 Å². The molecule has 4 heteroatoms. The maximum Gasteiger partial charge on any atom is 0.278 e. The van der Waals surface area contributed by atoms with E-state index in [4.69, 9.17) is 0 Å². The van der Waals surface area contributed by atoms with Crippen molar-refractivity contribution in [1.82, 2.24) is 4.90 Å². The summed E-state index contributed by atoms with van der Waals surface area (Å²) in [7, 11) is 0. The average Bonchev–Trinajstić information content (AvgIpc) is 1.85. The van der Waals surface area contributed by atoms with Crippen LogP contribution < -0.4 is 0 Å². The van der Waals surface area contributed by atoms with Gasteiger partial charge in [-0.3, -0.25) is 0 Å². The fourth-order valence-electron chi connectivity index (χ4n) is 1.42. The SMILES string of the molecule is CC(C)N1CC[CH-]CC1(F)F.[Y]. The predicted molar refractivity (Wildman–Crippen MR) is 40.3 cm³/mol. The van der Waals surface area contributed by atoms with Crippen LogP contribution in [0.25, 0.3) is 0 Å². The average molecular weight is 251 g/mol. The summed E-state index contributed by atoms with van der Waals surface area (Å²) in [6, 6.07) is -2.66. The van der Waals surface area contributed by atoms with Gasteiger partial charge < -0.3 is 6.42 Å². The Labute approximate surface area is 97.8 Å². The van der Waals surface area contributed by atoms with Crippen LogP contribution in [-0.4, -0.2) is 23.5 Å². The van der Waals surface area contributed by atoms with Gasteiger partial charge in [-0.05, 0) is 20.4 Å². The van der Waals surface area contributed by atoms with Crippen LogP contribution in [0, 0.1) is 6.42 Å². The fraction of sp³-hybridized carbons (Fsp3) is 0.875. The first-order valence-corrected chi connectivity index (χ1v) is 4.00. The van der Waals surface area contributed by atoms with Crippen molar-refractivity contribution in [3.8, 4) is 0 Å². The molecule has 0 atom stereocenters.